The predicted octanol–water partition coefficient (Wildman–Crippen LogP) is 3.80. The van der Waals surface area contributed by atoms with Crippen molar-refractivity contribution in [1.82, 2.24) is 9.88 Å². The van der Waals surface area contributed by atoms with Gasteiger partial charge in [-0.2, -0.15) is 0 Å². The van der Waals surface area contributed by atoms with E-state index in [4.69, 9.17) is 11.6 Å². The number of amidine groups is 1. The zero-order chi connectivity index (χ0) is 16.3. The third kappa shape index (κ3) is 3.27. The van der Waals surface area contributed by atoms with Crippen LogP contribution in [0.1, 0.15) is 5.56 Å². The molecule has 1 aliphatic heterocycles. The van der Waals surface area contributed by atoms with E-state index >= 15 is 0 Å². The molecule has 23 heavy (non-hydrogen) atoms. The minimum absolute atomic E-state index is 0.488. The van der Waals surface area contributed by atoms with E-state index in [-0.39, 0.29) is 0 Å². The molecule has 0 radical (unpaired) electrons. The molecule has 0 aliphatic carbocycles. The van der Waals surface area contributed by atoms with Gasteiger partial charge in [-0.25, -0.2) is 4.99 Å². The van der Waals surface area contributed by atoms with Gasteiger partial charge >= 0.3 is 0 Å². The second kappa shape index (κ2) is 6.74. The normalized spacial score (nSPS) is 22.5. The highest BCUT2D eigenvalue weighted by atomic mass is 35.5. The number of pyridine rings is 1. The van der Waals surface area contributed by atoms with Crippen LogP contribution in [-0.2, 0) is 5.72 Å². The van der Waals surface area contributed by atoms with E-state index in [9.17, 15) is 5.11 Å². The molecule has 2 heterocycles. The van der Waals surface area contributed by atoms with Crippen molar-refractivity contribution in [3.05, 3.63) is 72.0 Å². The van der Waals surface area contributed by atoms with Crippen molar-refractivity contribution in [2.45, 2.75) is 5.72 Å². The molecule has 118 valence electrons. The van der Waals surface area contributed by atoms with Crippen LogP contribution in [0.25, 0.3) is 0 Å². The molecule has 1 N–H and O–H groups in total. The summed E-state index contributed by atoms with van der Waals surface area (Å²) in [6.07, 6.45) is 5.15. The van der Waals surface area contributed by atoms with Crippen molar-refractivity contribution in [3.63, 3.8) is 0 Å². The van der Waals surface area contributed by atoms with Crippen LogP contribution < -0.4 is 0 Å². The maximum Gasteiger partial charge on any atom is 0.175 e. The maximum absolute atomic E-state index is 11.2. The number of aliphatic hydroxyl groups is 1. The zero-order valence-corrected chi connectivity index (χ0v) is 14.0. The van der Waals surface area contributed by atoms with Gasteiger partial charge in [-0.05, 0) is 24.3 Å². The second-order valence-electron chi connectivity index (χ2n) is 5.12. The Labute approximate surface area is 144 Å². The Morgan fingerprint density at radius 2 is 2.17 bits per heavy atom. The summed E-state index contributed by atoms with van der Waals surface area (Å²) in [6, 6.07) is 11.0. The molecule has 0 bridgehead atoms. The molecule has 0 amide bonds. The fourth-order valence-electron chi connectivity index (χ4n) is 2.42. The van der Waals surface area contributed by atoms with E-state index in [0.29, 0.717) is 17.3 Å². The lowest BCUT2D eigenvalue weighted by atomic mass is 10.0. The molecule has 1 saturated heterocycles. The Bertz CT molecular complexity index is 720. The Morgan fingerprint density at radius 3 is 2.83 bits per heavy atom. The first-order valence-electron chi connectivity index (χ1n) is 7.12. The van der Waals surface area contributed by atoms with Gasteiger partial charge in [-0.15, -0.1) is 6.58 Å². The van der Waals surface area contributed by atoms with Gasteiger partial charge in [0, 0.05) is 23.3 Å². The SMILES string of the molecule is C=CCN1C(=Nc2cccnc2)SC[C@]1(O)c1ccc(Cl)cc1. The molecule has 2 aromatic rings. The topological polar surface area (TPSA) is 48.7 Å². The van der Waals surface area contributed by atoms with Crippen LogP contribution in [0.3, 0.4) is 0 Å². The summed E-state index contributed by atoms with van der Waals surface area (Å²) in [4.78, 5) is 10.5. The molecular weight excluding hydrogens is 330 g/mol. The summed E-state index contributed by atoms with van der Waals surface area (Å²) in [5.41, 5.74) is 0.405. The number of hydrogen-bond acceptors (Lipinski definition) is 4. The van der Waals surface area contributed by atoms with Gasteiger partial charge in [-0.1, -0.05) is 41.6 Å². The van der Waals surface area contributed by atoms with E-state index in [0.717, 1.165) is 16.4 Å². The average molecular weight is 346 g/mol. The summed E-state index contributed by atoms with van der Waals surface area (Å²) in [6.45, 7) is 4.28. The summed E-state index contributed by atoms with van der Waals surface area (Å²) in [7, 11) is 0. The Kier molecular flexibility index (Phi) is 4.71. The number of thioether (sulfide) groups is 1. The standard InChI is InChI=1S/C17H16ClN3OS/c1-2-10-21-16(20-15-4-3-9-19-11-15)23-12-17(21,22)13-5-7-14(18)8-6-13/h2-9,11,22H,1,10,12H2/t17-/m0/s1. The number of benzene rings is 1. The van der Waals surface area contributed by atoms with Gasteiger partial charge < -0.3 is 10.0 Å². The van der Waals surface area contributed by atoms with Gasteiger partial charge in [0.2, 0.25) is 0 Å². The molecule has 6 heteroatoms. The zero-order valence-electron chi connectivity index (χ0n) is 12.4. The largest absolute Gasteiger partial charge is 0.366 e. The van der Waals surface area contributed by atoms with Gasteiger partial charge in [0.25, 0.3) is 0 Å². The van der Waals surface area contributed by atoms with Crippen molar-refractivity contribution in [1.29, 1.82) is 0 Å². The van der Waals surface area contributed by atoms with Crippen molar-refractivity contribution < 1.29 is 5.11 Å². The van der Waals surface area contributed by atoms with Crippen LogP contribution in [-0.4, -0.2) is 32.5 Å². The summed E-state index contributed by atoms with van der Waals surface area (Å²) >= 11 is 7.46. The van der Waals surface area contributed by atoms with E-state index in [2.05, 4.69) is 16.6 Å². The van der Waals surface area contributed by atoms with Crippen molar-refractivity contribution in [3.8, 4) is 0 Å². The highest BCUT2D eigenvalue weighted by Gasteiger charge is 2.44. The third-order valence-electron chi connectivity index (χ3n) is 3.57. The molecule has 0 unspecified atom stereocenters. The number of aromatic nitrogens is 1. The molecule has 3 rings (SSSR count). The monoisotopic (exact) mass is 345 g/mol. The fraction of sp³-hybridized carbons (Fsp3) is 0.176. The van der Waals surface area contributed by atoms with Crippen LogP contribution in [0.4, 0.5) is 5.69 Å². The Morgan fingerprint density at radius 1 is 1.39 bits per heavy atom. The van der Waals surface area contributed by atoms with Gasteiger partial charge in [0.05, 0.1) is 17.6 Å². The molecular formula is C17H16ClN3OS. The molecule has 1 atom stereocenters. The first-order valence-corrected chi connectivity index (χ1v) is 8.48. The number of halogens is 1. The lowest BCUT2D eigenvalue weighted by Crippen LogP contribution is -2.45. The molecule has 0 saturated carbocycles. The molecule has 1 fully saturated rings. The molecule has 0 spiro atoms. The number of nitrogens with zero attached hydrogens (tertiary/aromatic N) is 3. The molecule has 1 aliphatic rings. The molecule has 1 aromatic heterocycles. The summed E-state index contributed by atoms with van der Waals surface area (Å²) < 4.78 is 0. The molecule has 4 nitrogen and oxygen atoms in total. The van der Waals surface area contributed by atoms with E-state index in [1.807, 2.05) is 29.2 Å². The maximum atomic E-state index is 11.2. The number of hydrogen-bond donors (Lipinski definition) is 1. The Balaban J connectivity index is 1.97. The van der Waals surface area contributed by atoms with Gasteiger partial charge in [0.15, 0.2) is 10.9 Å². The first-order chi connectivity index (χ1) is 11.1. The van der Waals surface area contributed by atoms with Crippen LogP contribution in [0.2, 0.25) is 5.02 Å². The summed E-state index contributed by atoms with van der Waals surface area (Å²) in [5, 5.41) is 12.6. The van der Waals surface area contributed by atoms with Crippen molar-refractivity contribution in [2.75, 3.05) is 12.3 Å². The van der Waals surface area contributed by atoms with Gasteiger partial charge in [-0.3, -0.25) is 4.98 Å². The predicted molar refractivity (Wildman–Crippen MR) is 96.0 cm³/mol. The number of aliphatic imine (C=N–C) groups is 1. The van der Waals surface area contributed by atoms with Gasteiger partial charge in [0.1, 0.15) is 0 Å². The smallest absolute Gasteiger partial charge is 0.175 e. The minimum Gasteiger partial charge on any atom is -0.366 e. The highest BCUT2D eigenvalue weighted by molar-refractivity contribution is 8.14. The highest BCUT2D eigenvalue weighted by Crippen LogP contribution is 2.40. The summed E-state index contributed by atoms with van der Waals surface area (Å²) in [5.74, 6) is 0.488. The Hall–Kier alpha value is -1.82. The third-order valence-corrected chi connectivity index (χ3v) is 4.94. The minimum atomic E-state index is -1.13. The quantitative estimate of drug-likeness (QED) is 0.856. The van der Waals surface area contributed by atoms with Crippen LogP contribution in [0, 0.1) is 0 Å². The fourth-order valence-corrected chi connectivity index (χ4v) is 3.75. The first kappa shape index (κ1) is 16.1. The van der Waals surface area contributed by atoms with Crippen molar-refractivity contribution in [2.24, 2.45) is 4.99 Å². The lowest BCUT2D eigenvalue weighted by molar-refractivity contribution is -0.0422. The van der Waals surface area contributed by atoms with Crippen molar-refractivity contribution >= 4 is 34.2 Å². The second-order valence-corrected chi connectivity index (χ2v) is 6.50. The number of rotatable bonds is 4. The average Bonchev–Trinajstić information content (AvgIpc) is 2.87. The lowest BCUT2D eigenvalue weighted by Gasteiger charge is -2.33. The molecule has 1 aromatic carbocycles. The van der Waals surface area contributed by atoms with E-state index < -0.39 is 5.72 Å². The van der Waals surface area contributed by atoms with Crippen LogP contribution in [0.5, 0.6) is 0 Å². The van der Waals surface area contributed by atoms with E-state index in [1.54, 1.807) is 30.6 Å². The van der Waals surface area contributed by atoms with Crippen LogP contribution >= 0.6 is 23.4 Å². The van der Waals surface area contributed by atoms with Crippen LogP contribution in [0.15, 0.2) is 66.4 Å². The van der Waals surface area contributed by atoms with E-state index in [1.165, 1.54) is 11.8 Å².